The summed E-state index contributed by atoms with van der Waals surface area (Å²) in [5.74, 6) is -0.0725. The average Bonchev–Trinajstić information content (AvgIpc) is 2.70. The van der Waals surface area contributed by atoms with Gasteiger partial charge in [0.2, 0.25) is 5.91 Å². The third-order valence-electron chi connectivity index (χ3n) is 2.94. The molecule has 0 bridgehead atoms. The SMILES string of the molecule is CC(=O)NCCc1c[nH]c2ccc(S(C)(=O)=O)cc12. The maximum absolute atomic E-state index is 11.5. The first-order valence-electron chi connectivity index (χ1n) is 5.92. The predicted octanol–water partition coefficient (Wildman–Crippen LogP) is 1.25. The van der Waals surface area contributed by atoms with E-state index in [-0.39, 0.29) is 5.91 Å². The Bertz CT molecular complexity index is 717. The van der Waals surface area contributed by atoms with E-state index in [1.54, 1.807) is 18.2 Å². The van der Waals surface area contributed by atoms with Crippen LogP contribution in [0, 0.1) is 0 Å². The van der Waals surface area contributed by atoms with Crippen molar-refractivity contribution in [2.24, 2.45) is 0 Å². The van der Waals surface area contributed by atoms with Crippen molar-refractivity contribution in [3.8, 4) is 0 Å². The van der Waals surface area contributed by atoms with Crippen LogP contribution in [-0.2, 0) is 21.1 Å². The van der Waals surface area contributed by atoms with Crippen molar-refractivity contribution in [3.05, 3.63) is 30.0 Å². The summed E-state index contributed by atoms with van der Waals surface area (Å²) in [4.78, 5) is 14.2. The fourth-order valence-corrected chi connectivity index (χ4v) is 2.62. The molecule has 1 amide bonds. The van der Waals surface area contributed by atoms with Gasteiger partial charge in [-0.3, -0.25) is 4.79 Å². The molecule has 0 saturated carbocycles. The molecule has 1 aromatic carbocycles. The second-order valence-corrected chi connectivity index (χ2v) is 6.54. The van der Waals surface area contributed by atoms with Gasteiger partial charge in [-0.15, -0.1) is 0 Å². The minimum atomic E-state index is -3.21. The Hall–Kier alpha value is -1.82. The second kappa shape index (κ2) is 5.05. The maximum Gasteiger partial charge on any atom is 0.216 e. The Kier molecular flexibility index (Phi) is 3.61. The number of aromatic amines is 1. The van der Waals surface area contributed by atoms with Crippen molar-refractivity contribution in [2.75, 3.05) is 12.8 Å². The summed E-state index contributed by atoms with van der Waals surface area (Å²) < 4.78 is 23.1. The number of aromatic nitrogens is 1. The first-order valence-corrected chi connectivity index (χ1v) is 7.81. The van der Waals surface area contributed by atoms with Gasteiger partial charge < -0.3 is 10.3 Å². The van der Waals surface area contributed by atoms with Gasteiger partial charge in [0.05, 0.1) is 4.90 Å². The van der Waals surface area contributed by atoms with Crippen molar-refractivity contribution in [1.29, 1.82) is 0 Å². The number of carbonyl (C=O) groups is 1. The van der Waals surface area contributed by atoms with Gasteiger partial charge in [-0.1, -0.05) is 0 Å². The third kappa shape index (κ3) is 3.14. The molecule has 0 aliphatic rings. The van der Waals surface area contributed by atoms with Gasteiger partial charge in [0, 0.05) is 36.8 Å². The summed E-state index contributed by atoms with van der Waals surface area (Å²) >= 11 is 0. The molecule has 0 fully saturated rings. The normalized spacial score (nSPS) is 11.7. The van der Waals surface area contributed by atoms with Crippen LogP contribution in [0.3, 0.4) is 0 Å². The van der Waals surface area contributed by atoms with Crippen LogP contribution in [0.25, 0.3) is 10.9 Å². The van der Waals surface area contributed by atoms with Crippen LogP contribution in [0.4, 0.5) is 0 Å². The number of H-pyrrole nitrogens is 1. The first-order chi connectivity index (χ1) is 8.88. The lowest BCUT2D eigenvalue weighted by Crippen LogP contribution is -2.22. The van der Waals surface area contributed by atoms with Crippen molar-refractivity contribution >= 4 is 26.6 Å². The van der Waals surface area contributed by atoms with Gasteiger partial charge in [0.15, 0.2) is 9.84 Å². The molecule has 0 aliphatic carbocycles. The van der Waals surface area contributed by atoms with Gasteiger partial charge in [-0.05, 0) is 30.2 Å². The first kappa shape index (κ1) is 13.6. The Morgan fingerprint density at radius 1 is 1.37 bits per heavy atom. The van der Waals surface area contributed by atoms with Gasteiger partial charge in [0.1, 0.15) is 0 Å². The summed E-state index contributed by atoms with van der Waals surface area (Å²) in [7, 11) is -3.21. The van der Waals surface area contributed by atoms with Crippen molar-refractivity contribution in [1.82, 2.24) is 10.3 Å². The zero-order valence-electron chi connectivity index (χ0n) is 10.9. The van der Waals surface area contributed by atoms with Gasteiger partial charge in [-0.2, -0.15) is 0 Å². The quantitative estimate of drug-likeness (QED) is 0.884. The van der Waals surface area contributed by atoms with Gasteiger partial charge >= 0.3 is 0 Å². The van der Waals surface area contributed by atoms with E-state index >= 15 is 0 Å². The minimum Gasteiger partial charge on any atom is -0.361 e. The molecule has 1 heterocycles. The number of carbonyl (C=O) groups excluding carboxylic acids is 1. The molecule has 2 N–H and O–H groups in total. The smallest absolute Gasteiger partial charge is 0.216 e. The summed E-state index contributed by atoms with van der Waals surface area (Å²) in [6.45, 7) is 2.00. The highest BCUT2D eigenvalue weighted by molar-refractivity contribution is 7.90. The summed E-state index contributed by atoms with van der Waals surface area (Å²) in [5, 5.41) is 3.60. The highest BCUT2D eigenvalue weighted by Gasteiger charge is 2.10. The maximum atomic E-state index is 11.5. The molecular weight excluding hydrogens is 264 g/mol. The number of hydrogen-bond donors (Lipinski definition) is 2. The van der Waals surface area contributed by atoms with Crippen molar-refractivity contribution in [2.45, 2.75) is 18.2 Å². The predicted molar refractivity (Wildman–Crippen MR) is 73.8 cm³/mol. The van der Waals surface area contributed by atoms with E-state index in [9.17, 15) is 13.2 Å². The van der Waals surface area contributed by atoms with E-state index in [4.69, 9.17) is 0 Å². The molecular formula is C13H16N2O3S. The van der Waals surface area contributed by atoms with Crippen molar-refractivity contribution in [3.63, 3.8) is 0 Å². The molecule has 0 spiro atoms. The van der Waals surface area contributed by atoms with Crippen LogP contribution in [0.15, 0.2) is 29.3 Å². The highest BCUT2D eigenvalue weighted by atomic mass is 32.2. The highest BCUT2D eigenvalue weighted by Crippen LogP contribution is 2.22. The molecule has 102 valence electrons. The fraction of sp³-hybridized carbons (Fsp3) is 0.308. The van der Waals surface area contributed by atoms with Crippen LogP contribution in [0.2, 0.25) is 0 Å². The van der Waals surface area contributed by atoms with Crippen LogP contribution < -0.4 is 5.32 Å². The zero-order chi connectivity index (χ0) is 14.0. The van der Waals surface area contributed by atoms with Crippen LogP contribution in [-0.4, -0.2) is 32.1 Å². The molecule has 6 heteroatoms. The number of hydrogen-bond acceptors (Lipinski definition) is 3. The number of nitrogens with one attached hydrogen (secondary N) is 2. The second-order valence-electron chi connectivity index (χ2n) is 4.53. The lowest BCUT2D eigenvalue weighted by atomic mass is 10.1. The number of amides is 1. The summed E-state index contributed by atoms with van der Waals surface area (Å²) in [6.07, 6.45) is 3.70. The lowest BCUT2D eigenvalue weighted by molar-refractivity contribution is -0.118. The van der Waals surface area contributed by atoms with E-state index in [0.717, 1.165) is 16.5 Å². The van der Waals surface area contributed by atoms with Gasteiger partial charge in [0.25, 0.3) is 0 Å². The lowest BCUT2D eigenvalue weighted by Gasteiger charge is -2.02. The fourth-order valence-electron chi connectivity index (χ4n) is 1.97. The van der Waals surface area contributed by atoms with Crippen LogP contribution in [0.5, 0.6) is 0 Å². The third-order valence-corrected chi connectivity index (χ3v) is 4.05. The number of benzene rings is 1. The average molecular weight is 280 g/mol. The van der Waals surface area contributed by atoms with E-state index < -0.39 is 9.84 Å². The molecule has 0 atom stereocenters. The Morgan fingerprint density at radius 3 is 2.74 bits per heavy atom. The van der Waals surface area contributed by atoms with Crippen LogP contribution in [0.1, 0.15) is 12.5 Å². The molecule has 19 heavy (non-hydrogen) atoms. The van der Waals surface area contributed by atoms with Crippen LogP contribution >= 0.6 is 0 Å². The number of fused-ring (bicyclic) bond motifs is 1. The number of rotatable bonds is 4. The molecule has 0 saturated heterocycles. The molecule has 0 aliphatic heterocycles. The molecule has 0 unspecified atom stereocenters. The Balaban J connectivity index is 2.32. The molecule has 2 aromatic rings. The van der Waals surface area contributed by atoms with Crippen molar-refractivity contribution < 1.29 is 13.2 Å². The largest absolute Gasteiger partial charge is 0.361 e. The van der Waals surface area contributed by atoms with E-state index in [2.05, 4.69) is 10.3 Å². The zero-order valence-corrected chi connectivity index (χ0v) is 11.7. The van der Waals surface area contributed by atoms with E-state index in [1.807, 2.05) is 6.20 Å². The molecule has 0 radical (unpaired) electrons. The Morgan fingerprint density at radius 2 is 2.11 bits per heavy atom. The monoisotopic (exact) mass is 280 g/mol. The minimum absolute atomic E-state index is 0.0725. The summed E-state index contributed by atoms with van der Waals surface area (Å²) in [5.41, 5.74) is 1.89. The molecule has 5 nitrogen and oxygen atoms in total. The van der Waals surface area contributed by atoms with Gasteiger partial charge in [-0.25, -0.2) is 8.42 Å². The summed E-state index contributed by atoms with van der Waals surface area (Å²) in [6, 6.07) is 5.02. The van der Waals surface area contributed by atoms with E-state index in [0.29, 0.717) is 17.9 Å². The van der Waals surface area contributed by atoms with E-state index in [1.165, 1.54) is 13.2 Å². The Labute approximate surface area is 111 Å². The molecule has 2 rings (SSSR count). The molecule has 1 aromatic heterocycles. The number of sulfone groups is 1. The topological polar surface area (TPSA) is 79.0 Å². The standard InChI is InChI=1S/C13H16N2O3S/c1-9(16)14-6-5-10-8-15-13-4-3-11(7-12(10)13)19(2,17)18/h3-4,7-8,15H,5-6H2,1-2H3,(H,14,16).